The zero-order valence-corrected chi connectivity index (χ0v) is 13.2. The summed E-state index contributed by atoms with van der Waals surface area (Å²) >= 11 is 0. The van der Waals surface area contributed by atoms with Crippen molar-refractivity contribution in [1.29, 1.82) is 0 Å². The van der Waals surface area contributed by atoms with Gasteiger partial charge in [0.25, 0.3) is 0 Å². The van der Waals surface area contributed by atoms with Crippen molar-refractivity contribution in [3.05, 3.63) is 28.8 Å². The highest BCUT2D eigenvalue weighted by Gasteiger charge is 2.59. The van der Waals surface area contributed by atoms with Gasteiger partial charge in [-0.2, -0.15) is 0 Å². The minimum atomic E-state index is -0.752. The Labute approximate surface area is 130 Å². The van der Waals surface area contributed by atoms with Gasteiger partial charge in [-0.05, 0) is 68.1 Å². The zero-order chi connectivity index (χ0) is 15.6. The van der Waals surface area contributed by atoms with Gasteiger partial charge in [0.1, 0.15) is 17.3 Å². The fourth-order valence-corrected chi connectivity index (χ4v) is 5.43. The third-order valence-electron chi connectivity index (χ3n) is 6.69. The third kappa shape index (κ3) is 1.57. The molecule has 4 rings (SSSR count). The molecule has 0 amide bonds. The van der Waals surface area contributed by atoms with Gasteiger partial charge in [0, 0.05) is 18.4 Å². The van der Waals surface area contributed by atoms with Crippen LogP contribution in [0.25, 0.3) is 0 Å². The Morgan fingerprint density at radius 3 is 2.68 bits per heavy atom. The second-order valence-corrected chi connectivity index (χ2v) is 7.50. The first-order valence-corrected chi connectivity index (χ1v) is 8.32. The quantitative estimate of drug-likeness (QED) is 0.748. The lowest BCUT2D eigenvalue weighted by Crippen LogP contribution is -2.48. The molecule has 2 saturated carbocycles. The molecule has 3 aliphatic carbocycles. The minimum absolute atomic E-state index is 0.0926. The Morgan fingerprint density at radius 2 is 1.91 bits per heavy atom. The maximum atomic E-state index is 12.8. The van der Waals surface area contributed by atoms with E-state index in [0.717, 1.165) is 24.8 Å². The highest BCUT2D eigenvalue weighted by atomic mass is 16.3. The molecule has 116 valence electrons. The van der Waals surface area contributed by atoms with Crippen LogP contribution < -0.4 is 0 Å². The second kappa shape index (κ2) is 4.43. The lowest BCUT2D eigenvalue weighted by molar-refractivity contribution is -0.145. The summed E-state index contributed by atoms with van der Waals surface area (Å²) in [5, 5.41) is 10.4. The average molecular weight is 298 g/mol. The fraction of sp³-hybridized carbons (Fsp3) is 0.579. The number of carbonyl (C=O) groups excluding carboxylic acids is 2. The van der Waals surface area contributed by atoms with E-state index in [1.165, 1.54) is 11.1 Å². The van der Waals surface area contributed by atoms with E-state index in [1.54, 1.807) is 6.07 Å². The van der Waals surface area contributed by atoms with Gasteiger partial charge in [-0.1, -0.05) is 6.07 Å². The molecule has 22 heavy (non-hydrogen) atoms. The Hall–Kier alpha value is -1.64. The molecule has 0 aliphatic heterocycles. The normalized spacial score (nSPS) is 36.7. The Kier molecular flexibility index (Phi) is 2.82. The first-order valence-electron chi connectivity index (χ1n) is 8.32. The molecule has 0 heterocycles. The van der Waals surface area contributed by atoms with Crippen LogP contribution in [0.5, 0.6) is 5.75 Å². The van der Waals surface area contributed by atoms with E-state index in [4.69, 9.17) is 0 Å². The Balaban J connectivity index is 1.84. The molecule has 0 saturated heterocycles. The molecule has 1 aromatic rings. The van der Waals surface area contributed by atoms with Crippen LogP contribution in [-0.4, -0.2) is 16.7 Å². The van der Waals surface area contributed by atoms with E-state index >= 15 is 0 Å². The van der Waals surface area contributed by atoms with Crippen molar-refractivity contribution in [2.75, 3.05) is 0 Å². The van der Waals surface area contributed by atoms with Crippen LogP contribution in [-0.2, 0) is 16.0 Å². The van der Waals surface area contributed by atoms with E-state index in [0.29, 0.717) is 24.5 Å². The van der Waals surface area contributed by atoms with Crippen molar-refractivity contribution in [3.8, 4) is 5.75 Å². The van der Waals surface area contributed by atoms with Gasteiger partial charge < -0.3 is 5.11 Å². The molecular formula is C19H22O3. The van der Waals surface area contributed by atoms with E-state index in [-0.39, 0.29) is 23.4 Å². The number of aryl methyl sites for hydroxylation is 1. The summed E-state index contributed by atoms with van der Waals surface area (Å²) in [7, 11) is 0. The molecule has 2 fully saturated rings. The summed E-state index contributed by atoms with van der Waals surface area (Å²) in [4.78, 5) is 25.1. The fourth-order valence-electron chi connectivity index (χ4n) is 5.43. The van der Waals surface area contributed by atoms with E-state index in [1.807, 2.05) is 13.0 Å². The van der Waals surface area contributed by atoms with Crippen molar-refractivity contribution in [3.63, 3.8) is 0 Å². The average Bonchev–Trinajstić information content (AvgIpc) is 2.80. The molecule has 3 heteroatoms. The van der Waals surface area contributed by atoms with Gasteiger partial charge in [0.15, 0.2) is 0 Å². The van der Waals surface area contributed by atoms with E-state index in [9.17, 15) is 14.7 Å². The van der Waals surface area contributed by atoms with Crippen molar-refractivity contribution in [2.24, 2.45) is 17.3 Å². The van der Waals surface area contributed by atoms with E-state index in [2.05, 4.69) is 6.92 Å². The van der Waals surface area contributed by atoms with Crippen molar-refractivity contribution in [1.82, 2.24) is 0 Å². The van der Waals surface area contributed by atoms with Gasteiger partial charge in [0.05, 0.1) is 5.41 Å². The maximum absolute atomic E-state index is 12.8. The summed E-state index contributed by atoms with van der Waals surface area (Å²) < 4.78 is 0. The third-order valence-corrected chi connectivity index (χ3v) is 6.69. The number of fused-ring (bicyclic) bond motifs is 5. The highest BCUT2D eigenvalue weighted by Crippen LogP contribution is 2.59. The smallest absolute Gasteiger partial charge is 0.147 e. The summed E-state index contributed by atoms with van der Waals surface area (Å²) in [6.45, 7) is 3.95. The Bertz CT molecular complexity index is 690. The van der Waals surface area contributed by atoms with Gasteiger partial charge >= 0.3 is 0 Å². The second-order valence-electron chi connectivity index (χ2n) is 7.50. The number of benzene rings is 1. The first-order chi connectivity index (χ1) is 10.4. The van der Waals surface area contributed by atoms with Gasteiger partial charge in [-0.15, -0.1) is 0 Å². The van der Waals surface area contributed by atoms with Gasteiger partial charge in [-0.25, -0.2) is 0 Å². The summed E-state index contributed by atoms with van der Waals surface area (Å²) in [5.41, 5.74) is 2.67. The summed E-state index contributed by atoms with van der Waals surface area (Å²) in [5.74, 6) is 1.18. The van der Waals surface area contributed by atoms with Crippen LogP contribution in [0.4, 0.5) is 0 Å². The monoisotopic (exact) mass is 298 g/mol. The number of hydrogen-bond donors (Lipinski definition) is 1. The number of phenols is 1. The van der Waals surface area contributed by atoms with Crippen molar-refractivity contribution >= 4 is 11.6 Å². The van der Waals surface area contributed by atoms with Crippen LogP contribution in [0.3, 0.4) is 0 Å². The van der Waals surface area contributed by atoms with Crippen molar-refractivity contribution in [2.45, 2.75) is 51.9 Å². The topological polar surface area (TPSA) is 54.4 Å². The largest absolute Gasteiger partial charge is 0.508 e. The molecule has 4 atom stereocenters. The molecule has 1 aromatic carbocycles. The standard InChI is InChI=1S/C19H22O3/c1-10-3-7-15(20)18-11(10)4-5-12-13(18)9-17(22)19(2)14(12)6-8-16(19)21/h3,7,12-14,20H,4-6,8-9H2,1-2H3/t12-,13+,14+,19+/m1/s1. The molecule has 0 aromatic heterocycles. The van der Waals surface area contributed by atoms with Crippen LogP contribution in [0.2, 0.25) is 0 Å². The van der Waals surface area contributed by atoms with Crippen LogP contribution in [0.1, 0.15) is 55.2 Å². The SMILES string of the molecule is Cc1ccc(O)c2c1CC[C@@H]1[C@@H]2CC(=O)[C@]2(C)C(=O)CC[C@@H]12. The first kappa shape index (κ1) is 14.0. The van der Waals surface area contributed by atoms with Gasteiger partial charge in [-0.3, -0.25) is 9.59 Å². The number of carbonyl (C=O) groups is 2. The molecular weight excluding hydrogens is 276 g/mol. The number of aromatic hydroxyl groups is 1. The highest BCUT2D eigenvalue weighted by molar-refractivity contribution is 6.09. The van der Waals surface area contributed by atoms with Gasteiger partial charge in [0.2, 0.25) is 0 Å². The molecule has 1 N–H and O–H groups in total. The summed E-state index contributed by atoms with van der Waals surface area (Å²) in [6.07, 6.45) is 3.77. The molecule has 3 nitrogen and oxygen atoms in total. The Morgan fingerprint density at radius 1 is 1.14 bits per heavy atom. The molecule has 0 radical (unpaired) electrons. The van der Waals surface area contributed by atoms with Crippen LogP contribution >= 0.6 is 0 Å². The number of ketones is 2. The molecule has 0 unspecified atom stereocenters. The minimum Gasteiger partial charge on any atom is -0.508 e. The molecule has 0 spiro atoms. The molecule has 3 aliphatic rings. The molecule has 0 bridgehead atoms. The zero-order valence-electron chi connectivity index (χ0n) is 13.2. The number of hydrogen-bond acceptors (Lipinski definition) is 3. The maximum Gasteiger partial charge on any atom is 0.147 e. The lowest BCUT2D eigenvalue weighted by atomic mass is 9.55. The number of rotatable bonds is 0. The van der Waals surface area contributed by atoms with Crippen LogP contribution in [0, 0.1) is 24.2 Å². The predicted molar refractivity (Wildman–Crippen MR) is 82.9 cm³/mol. The van der Waals surface area contributed by atoms with E-state index < -0.39 is 5.41 Å². The number of Topliss-reactive ketones (excluding diaryl/α,β-unsaturated/α-hetero) is 2. The summed E-state index contributed by atoms with van der Waals surface area (Å²) in [6, 6.07) is 3.72. The predicted octanol–water partition coefficient (Wildman–Crippen LogP) is 3.30. The van der Waals surface area contributed by atoms with Crippen LogP contribution in [0.15, 0.2) is 12.1 Å². The lowest BCUT2D eigenvalue weighted by Gasteiger charge is -2.47. The number of phenolic OH excluding ortho intramolecular Hbond substituents is 1. The van der Waals surface area contributed by atoms with Crippen molar-refractivity contribution < 1.29 is 14.7 Å².